The van der Waals surface area contributed by atoms with E-state index in [4.69, 9.17) is 0 Å². The summed E-state index contributed by atoms with van der Waals surface area (Å²) in [5.74, 6) is 0.275. The van der Waals surface area contributed by atoms with E-state index in [0.717, 1.165) is 51.8 Å². The van der Waals surface area contributed by atoms with Gasteiger partial charge in [0.2, 0.25) is 0 Å². The molecule has 1 aliphatic heterocycles. The number of nitrogens with zero attached hydrogens (tertiary/aromatic N) is 2. The molecule has 33 heavy (non-hydrogen) atoms. The van der Waals surface area contributed by atoms with Gasteiger partial charge in [0.05, 0.1) is 32.0 Å². The quantitative estimate of drug-likeness (QED) is 0.481. The van der Waals surface area contributed by atoms with Crippen LogP contribution in [0, 0.1) is 20.8 Å². The van der Waals surface area contributed by atoms with Crippen molar-refractivity contribution in [1.82, 2.24) is 4.90 Å². The highest BCUT2D eigenvalue weighted by atomic mass is 32.2. The van der Waals surface area contributed by atoms with Crippen LogP contribution in [0.5, 0.6) is 11.5 Å². The second kappa shape index (κ2) is 9.98. The van der Waals surface area contributed by atoms with Crippen molar-refractivity contribution in [2.24, 2.45) is 0 Å². The molecule has 1 heterocycles. The molecule has 4 rings (SSSR count). The first-order valence-corrected chi connectivity index (χ1v) is 12.0. The highest BCUT2D eigenvalue weighted by Gasteiger charge is 2.29. The number of para-hydroxylation sites is 1. The molecule has 176 valence electrons. The Morgan fingerprint density at radius 1 is 0.939 bits per heavy atom. The minimum absolute atomic E-state index is 0. The minimum Gasteiger partial charge on any atom is -0.507 e. The maximum absolute atomic E-state index is 13.2. The lowest BCUT2D eigenvalue weighted by Crippen LogP contribution is -2.29. The third-order valence-electron chi connectivity index (χ3n) is 6.30. The SMILES string of the molecule is C.Cc1ccc2c(c1C)N(CCCN(C)Cc1c(O)ccc(C)c1O)c1ccccc1S2=O. The summed E-state index contributed by atoms with van der Waals surface area (Å²) in [6, 6.07) is 15.3. The second-order valence-electron chi connectivity index (χ2n) is 8.56. The fourth-order valence-electron chi connectivity index (χ4n) is 4.32. The van der Waals surface area contributed by atoms with E-state index in [1.165, 1.54) is 5.56 Å². The molecule has 3 aromatic rings. The third kappa shape index (κ3) is 4.63. The van der Waals surface area contributed by atoms with Crippen LogP contribution in [-0.2, 0) is 17.3 Å². The normalized spacial score (nSPS) is 14.6. The zero-order valence-corrected chi connectivity index (χ0v) is 19.9. The van der Waals surface area contributed by atoms with Crippen molar-refractivity contribution < 1.29 is 14.4 Å². The first-order chi connectivity index (χ1) is 15.3. The Balaban J connectivity index is 0.00000306. The molecule has 5 nitrogen and oxygen atoms in total. The lowest BCUT2D eigenvalue weighted by molar-refractivity contribution is 0.309. The highest BCUT2D eigenvalue weighted by molar-refractivity contribution is 7.85. The summed E-state index contributed by atoms with van der Waals surface area (Å²) < 4.78 is 13.2. The van der Waals surface area contributed by atoms with Crippen LogP contribution in [0.1, 0.15) is 36.1 Å². The van der Waals surface area contributed by atoms with E-state index in [1.54, 1.807) is 12.1 Å². The number of anilines is 2. The maximum atomic E-state index is 13.2. The van der Waals surface area contributed by atoms with Crippen molar-refractivity contribution in [3.63, 3.8) is 0 Å². The zero-order valence-electron chi connectivity index (χ0n) is 19.1. The Labute approximate surface area is 199 Å². The number of fused-ring (bicyclic) bond motifs is 2. The monoisotopic (exact) mass is 466 g/mol. The molecule has 0 spiro atoms. The summed E-state index contributed by atoms with van der Waals surface area (Å²) in [4.78, 5) is 6.12. The molecule has 1 aliphatic rings. The number of phenolic OH excluding ortho intramolecular Hbond substituents is 2. The molecular weight excluding hydrogens is 432 g/mol. The van der Waals surface area contributed by atoms with Crippen molar-refractivity contribution in [1.29, 1.82) is 0 Å². The van der Waals surface area contributed by atoms with Crippen LogP contribution >= 0.6 is 0 Å². The summed E-state index contributed by atoms with van der Waals surface area (Å²) in [6.07, 6.45) is 0.873. The van der Waals surface area contributed by atoms with Gasteiger partial charge in [0, 0.05) is 18.7 Å². The van der Waals surface area contributed by atoms with Crippen molar-refractivity contribution in [3.05, 3.63) is 70.8 Å². The molecule has 0 bridgehead atoms. The van der Waals surface area contributed by atoms with Crippen LogP contribution in [0.3, 0.4) is 0 Å². The Bertz CT molecular complexity index is 1190. The number of hydrogen-bond acceptors (Lipinski definition) is 5. The molecule has 3 aromatic carbocycles. The molecule has 0 aromatic heterocycles. The van der Waals surface area contributed by atoms with Gasteiger partial charge in [-0.05, 0) is 81.7 Å². The zero-order chi connectivity index (χ0) is 23.0. The van der Waals surface area contributed by atoms with Gasteiger partial charge in [-0.1, -0.05) is 31.7 Å². The minimum atomic E-state index is -1.19. The van der Waals surface area contributed by atoms with E-state index in [-0.39, 0.29) is 18.9 Å². The van der Waals surface area contributed by atoms with E-state index < -0.39 is 10.8 Å². The number of phenols is 2. The van der Waals surface area contributed by atoms with Crippen molar-refractivity contribution >= 4 is 22.2 Å². The van der Waals surface area contributed by atoms with E-state index in [1.807, 2.05) is 50.4 Å². The summed E-state index contributed by atoms with van der Waals surface area (Å²) in [5, 5.41) is 20.5. The van der Waals surface area contributed by atoms with Crippen LogP contribution < -0.4 is 4.90 Å². The fraction of sp³-hybridized carbons (Fsp3) is 0.333. The molecule has 6 heteroatoms. The average molecular weight is 467 g/mol. The van der Waals surface area contributed by atoms with E-state index in [9.17, 15) is 14.4 Å². The summed E-state index contributed by atoms with van der Waals surface area (Å²) in [7, 11) is 0.804. The van der Waals surface area contributed by atoms with Crippen LogP contribution in [-0.4, -0.2) is 39.5 Å². The van der Waals surface area contributed by atoms with Gasteiger partial charge in [0.1, 0.15) is 11.5 Å². The van der Waals surface area contributed by atoms with Crippen molar-refractivity contribution in [2.75, 3.05) is 25.0 Å². The Morgan fingerprint density at radius 3 is 2.39 bits per heavy atom. The summed E-state index contributed by atoms with van der Waals surface area (Å²) >= 11 is 0. The topological polar surface area (TPSA) is 64.0 Å². The van der Waals surface area contributed by atoms with Gasteiger partial charge in [0.15, 0.2) is 0 Å². The van der Waals surface area contributed by atoms with Crippen LogP contribution in [0.2, 0.25) is 0 Å². The number of aryl methyl sites for hydroxylation is 2. The number of aromatic hydroxyl groups is 2. The number of benzene rings is 3. The predicted molar refractivity (Wildman–Crippen MR) is 136 cm³/mol. The Morgan fingerprint density at radius 2 is 1.64 bits per heavy atom. The highest BCUT2D eigenvalue weighted by Crippen LogP contribution is 2.44. The first kappa shape index (κ1) is 24.8. The molecule has 1 atom stereocenters. The van der Waals surface area contributed by atoms with Gasteiger partial charge in [0.25, 0.3) is 0 Å². The molecule has 0 amide bonds. The molecule has 0 saturated carbocycles. The van der Waals surface area contributed by atoms with Gasteiger partial charge in [-0.15, -0.1) is 0 Å². The smallest absolute Gasteiger partial charge is 0.126 e. The third-order valence-corrected chi connectivity index (χ3v) is 7.77. The molecule has 1 unspecified atom stereocenters. The van der Waals surface area contributed by atoms with E-state index in [2.05, 4.69) is 23.6 Å². The maximum Gasteiger partial charge on any atom is 0.126 e. The number of rotatable bonds is 6. The lowest BCUT2D eigenvalue weighted by Gasteiger charge is -2.35. The van der Waals surface area contributed by atoms with Gasteiger partial charge < -0.3 is 20.0 Å². The van der Waals surface area contributed by atoms with Crippen LogP contribution in [0.25, 0.3) is 0 Å². The molecule has 0 radical (unpaired) electrons. The summed E-state index contributed by atoms with van der Waals surface area (Å²) in [6.45, 7) is 8.05. The molecule has 0 fully saturated rings. The lowest BCUT2D eigenvalue weighted by atomic mass is 10.1. The van der Waals surface area contributed by atoms with Gasteiger partial charge in [-0.2, -0.15) is 0 Å². The van der Waals surface area contributed by atoms with Gasteiger partial charge in [-0.25, -0.2) is 4.21 Å². The average Bonchev–Trinajstić information content (AvgIpc) is 2.78. The molecule has 0 saturated heterocycles. The number of hydrogen-bond donors (Lipinski definition) is 2. The second-order valence-corrected chi connectivity index (χ2v) is 9.98. The fourth-order valence-corrected chi connectivity index (χ4v) is 5.75. The molecule has 2 N–H and O–H groups in total. The summed E-state index contributed by atoms with van der Waals surface area (Å²) in [5.41, 5.74) is 5.72. The van der Waals surface area contributed by atoms with Crippen LogP contribution in [0.4, 0.5) is 11.4 Å². The van der Waals surface area contributed by atoms with E-state index in [0.29, 0.717) is 12.1 Å². The molecule has 0 aliphatic carbocycles. The van der Waals surface area contributed by atoms with Gasteiger partial charge in [-0.3, -0.25) is 0 Å². The van der Waals surface area contributed by atoms with Crippen molar-refractivity contribution in [3.8, 4) is 11.5 Å². The standard InChI is InChI=1S/C26H30N2O3S.CH4/c1-17-11-13-24-25(19(17)3)28(21-8-5-6-9-23(21)32(24)31)15-7-14-27(4)16-20-22(29)12-10-18(2)26(20)30;/h5-6,8-13,29-30H,7,14-16H2,1-4H3;1H4. The predicted octanol–water partition coefficient (Wildman–Crippen LogP) is 5.80. The van der Waals surface area contributed by atoms with Gasteiger partial charge >= 0.3 is 0 Å². The van der Waals surface area contributed by atoms with E-state index >= 15 is 0 Å². The van der Waals surface area contributed by atoms with Crippen LogP contribution in [0.15, 0.2) is 58.3 Å². The molecular formula is C27H34N2O3S. The Kier molecular flexibility index (Phi) is 7.50. The Hall–Kier alpha value is -2.83. The largest absolute Gasteiger partial charge is 0.507 e. The first-order valence-electron chi connectivity index (χ1n) is 10.9. The van der Waals surface area contributed by atoms with Crippen molar-refractivity contribution in [2.45, 2.75) is 51.0 Å².